The molecule has 1 heterocycles. The number of nitriles is 1. The number of hydrogen-bond acceptors (Lipinski definition) is 4. The molecule has 5 nitrogen and oxygen atoms in total. The van der Waals surface area contributed by atoms with Gasteiger partial charge in [0.25, 0.3) is 0 Å². The molecule has 1 fully saturated rings. The number of piperidine rings is 1. The maximum atomic E-state index is 12.1. The summed E-state index contributed by atoms with van der Waals surface area (Å²) in [5.74, 6) is 0. The van der Waals surface area contributed by atoms with Gasteiger partial charge in [-0.05, 0) is 26.7 Å². The fraction of sp³-hybridized carbons (Fsp3) is 0.900. The molecule has 0 aromatic carbocycles. The summed E-state index contributed by atoms with van der Waals surface area (Å²) in [6.45, 7) is 3.72. The van der Waals surface area contributed by atoms with Crippen molar-refractivity contribution in [2.45, 2.75) is 50.4 Å². The standard InChI is InChI=1S/C10H19N3O2S/c1-8(7-11)16(14,15)13-6-4-3-5-10(13)9(2)12/h8-10H,3-6,12H2,1-2H3. The molecule has 0 saturated carbocycles. The average molecular weight is 245 g/mol. The second-order valence-electron chi connectivity index (χ2n) is 4.35. The fourth-order valence-corrected chi connectivity index (χ4v) is 3.64. The van der Waals surface area contributed by atoms with Crippen LogP contribution >= 0.6 is 0 Å². The lowest BCUT2D eigenvalue weighted by molar-refractivity contribution is 0.226. The molecular weight excluding hydrogens is 226 g/mol. The van der Waals surface area contributed by atoms with E-state index >= 15 is 0 Å². The Bertz CT molecular complexity index is 372. The van der Waals surface area contributed by atoms with E-state index in [2.05, 4.69) is 0 Å². The third kappa shape index (κ3) is 2.54. The minimum absolute atomic E-state index is 0.158. The molecule has 0 aromatic rings. The van der Waals surface area contributed by atoms with E-state index in [0.29, 0.717) is 6.54 Å². The van der Waals surface area contributed by atoms with E-state index in [4.69, 9.17) is 11.0 Å². The first-order chi connectivity index (χ1) is 7.41. The molecule has 1 saturated heterocycles. The van der Waals surface area contributed by atoms with Crippen molar-refractivity contribution in [2.75, 3.05) is 6.54 Å². The molecule has 1 rings (SSSR count). The van der Waals surface area contributed by atoms with Crippen molar-refractivity contribution in [3.63, 3.8) is 0 Å². The number of rotatable bonds is 3. The predicted octanol–water partition coefficient (Wildman–Crippen LogP) is 0.430. The van der Waals surface area contributed by atoms with Crippen molar-refractivity contribution < 1.29 is 8.42 Å². The van der Waals surface area contributed by atoms with E-state index in [1.807, 2.05) is 6.92 Å². The van der Waals surface area contributed by atoms with E-state index in [1.165, 1.54) is 11.2 Å². The van der Waals surface area contributed by atoms with Crippen LogP contribution in [0.25, 0.3) is 0 Å². The highest BCUT2D eigenvalue weighted by atomic mass is 32.2. The van der Waals surface area contributed by atoms with Gasteiger partial charge in [-0.3, -0.25) is 0 Å². The summed E-state index contributed by atoms with van der Waals surface area (Å²) in [5, 5.41) is 7.75. The van der Waals surface area contributed by atoms with Crippen LogP contribution in [0.1, 0.15) is 33.1 Å². The summed E-state index contributed by atoms with van der Waals surface area (Å²) < 4.78 is 25.6. The minimum atomic E-state index is -3.51. The molecule has 92 valence electrons. The predicted molar refractivity (Wildman–Crippen MR) is 62.0 cm³/mol. The minimum Gasteiger partial charge on any atom is -0.326 e. The monoisotopic (exact) mass is 245 g/mol. The van der Waals surface area contributed by atoms with Crippen molar-refractivity contribution in [1.82, 2.24) is 4.31 Å². The smallest absolute Gasteiger partial charge is 0.230 e. The van der Waals surface area contributed by atoms with Crippen LogP contribution in [0.2, 0.25) is 0 Å². The Labute approximate surface area is 97.3 Å². The van der Waals surface area contributed by atoms with E-state index in [-0.39, 0.29) is 12.1 Å². The Morgan fingerprint density at radius 3 is 2.56 bits per heavy atom. The van der Waals surface area contributed by atoms with Gasteiger partial charge in [-0.25, -0.2) is 8.42 Å². The SMILES string of the molecule is CC(N)C1CCCCN1S(=O)(=O)C(C)C#N. The van der Waals surface area contributed by atoms with Crippen molar-refractivity contribution in [1.29, 1.82) is 5.26 Å². The van der Waals surface area contributed by atoms with Gasteiger partial charge in [-0.15, -0.1) is 0 Å². The lowest BCUT2D eigenvalue weighted by Crippen LogP contribution is -2.53. The summed E-state index contributed by atoms with van der Waals surface area (Å²) in [7, 11) is -3.51. The number of sulfonamides is 1. The van der Waals surface area contributed by atoms with Crippen molar-refractivity contribution >= 4 is 10.0 Å². The maximum Gasteiger partial charge on any atom is 0.230 e. The molecule has 0 amide bonds. The first-order valence-corrected chi connectivity index (χ1v) is 7.07. The Hall–Kier alpha value is -0.640. The molecule has 6 heteroatoms. The van der Waals surface area contributed by atoms with Crippen molar-refractivity contribution in [3.8, 4) is 6.07 Å². The molecule has 0 bridgehead atoms. The zero-order valence-electron chi connectivity index (χ0n) is 9.76. The van der Waals surface area contributed by atoms with E-state index in [1.54, 1.807) is 6.07 Å². The van der Waals surface area contributed by atoms with Gasteiger partial charge in [0.05, 0.1) is 6.07 Å². The van der Waals surface area contributed by atoms with Gasteiger partial charge < -0.3 is 5.73 Å². The Kier molecular flexibility index (Phi) is 4.30. The van der Waals surface area contributed by atoms with Gasteiger partial charge in [0.1, 0.15) is 0 Å². The highest BCUT2D eigenvalue weighted by molar-refractivity contribution is 7.90. The van der Waals surface area contributed by atoms with Gasteiger partial charge >= 0.3 is 0 Å². The Balaban J connectivity index is 2.96. The molecule has 0 aromatic heterocycles. The molecule has 16 heavy (non-hydrogen) atoms. The van der Waals surface area contributed by atoms with Crippen LogP contribution in [-0.4, -0.2) is 36.6 Å². The van der Waals surface area contributed by atoms with Gasteiger partial charge in [0.15, 0.2) is 5.25 Å². The van der Waals surface area contributed by atoms with Crippen molar-refractivity contribution in [3.05, 3.63) is 0 Å². The van der Waals surface area contributed by atoms with E-state index < -0.39 is 15.3 Å². The van der Waals surface area contributed by atoms with Crippen molar-refractivity contribution in [2.24, 2.45) is 5.73 Å². The fourth-order valence-electron chi connectivity index (χ4n) is 2.04. The lowest BCUT2D eigenvalue weighted by Gasteiger charge is -2.37. The lowest BCUT2D eigenvalue weighted by atomic mass is 10.00. The topological polar surface area (TPSA) is 87.2 Å². The van der Waals surface area contributed by atoms with Crippen LogP contribution < -0.4 is 5.73 Å². The zero-order chi connectivity index (χ0) is 12.3. The third-order valence-corrected chi connectivity index (χ3v) is 5.17. The summed E-state index contributed by atoms with van der Waals surface area (Å²) in [4.78, 5) is 0. The summed E-state index contributed by atoms with van der Waals surface area (Å²) in [5.41, 5.74) is 5.81. The molecule has 1 aliphatic heterocycles. The quantitative estimate of drug-likeness (QED) is 0.781. The second-order valence-corrected chi connectivity index (χ2v) is 6.56. The average Bonchev–Trinajstić information content (AvgIpc) is 2.27. The molecular formula is C10H19N3O2S. The molecule has 0 spiro atoms. The molecule has 2 N–H and O–H groups in total. The second kappa shape index (κ2) is 5.13. The Morgan fingerprint density at radius 2 is 2.06 bits per heavy atom. The van der Waals surface area contributed by atoms with Gasteiger partial charge in [0.2, 0.25) is 10.0 Å². The van der Waals surface area contributed by atoms with Crippen LogP contribution in [0.5, 0.6) is 0 Å². The number of hydrogen-bond donors (Lipinski definition) is 1. The number of nitrogens with two attached hydrogens (primary N) is 1. The molecule has 0 radical (unpaired) electrons. The first-order valence-electron chi connectivity index (χ1n) is 5.57. The normalized spacial score (nSPS) is 27.0. The zero-order valence-corrected chi connectivity index (χ0v) is 10.6. The summed E-state index contributed by atoms with van der Waals surface area (Å²) >= 11 is 0. The van der Waals surface area contributed by atoms with Crippen LogP contribution in [0, 0.1) is 11.3 Å². The first kappa shape index (κ1) is 13.4. The molecule has 0 aliphatic carbocycles. The maximum absolute atomic E-state index is 12.1. The van der Waals surface area contributed by atoms with Gasteiger partial charge in [-0.2, -0.15) is 9.57 Å². The van der Waals surface area contributed by atoms with Crippen LogP contribution in [0.15, 0.2) is 0 Å². The summed E-state index contributed by atoms with van der Waals surface area (Å²) in [6, 6.07) is 1.44. The number of nitrogens with zero attached hydrogens (tertiary/aromatic N) is 2. The van der Waals surface area contributed by atoms with Gasteiger partial charge in [0, 0.05) is 18.6 Å². The Morgan fingerprint density at radius 1 is 1.44 bits per heavy atom. The largest absolute Gasteiger partial charge is 0.326 e. The van der Waals surface area contributed by atoms with Crippen LogP contribution in [-0.2, 0) is 10.0 Å². The van der Waals surface area contributed by atoms with E-state index in [9.17, 15) is 8.42 Å². The highest BCUT2D eigenvalue weighted by Gasteiger charge is 2.37. The molecule has 3 unspecified atom stereocenters. The van der Waals surface area contributed by atoms with Gasteiger partial charge in [-0.1, -0.05) is 6.42 Å². The van der Waals surface area contributed by atoms with Crippen LogP contribution in [0.4, 0.5) is 0 Å². The molecule has 1 aliphatic rings. The third-order valence-electron chi connectivity index (χ3n) is 3.06. The molecule has 3 atom stereocenters. The summed E-state index contributed by atoms with van der Waals surface area (Å²) in [6.07, 6.45) is 2.63. The highest BCUT2D eigenvalue weighted by Crippen LogP contribution is 2.24. The van der Waals surface area contributed by atoms with E-state index in [0.717, 1.165) is 19.3 Å². The van der Waals surface area contributed by atoms with Crippen LogP contribution in [0.3, 0.4) is 0 Å².